The Morgan fingerprint density at radius 2 is 1.52 bits per heavy atom. The molecule has 3 aromatic rings. The van der Waals surface area contributed by atoms with E-state index in [0.717, 1.165) is 18.0 Å². The third kappa shape index (κ3) is 3.54. The zero-order valence-corrected chi connectivity index (χ0v) is 18.0. The molecule has 3 atom stereocenters. The van der Waals surface area contributed by atoms with Gasteiger partial charge in [0, 0.05) is 12.1 Å². The second-order valence-electron chi connectivity index (χ2n) is 7.86. The van der Waals surface area contributed by atoms with Crippen molar-refractivity contribution in [3.8, 4) is 0 Å². The van der Waals surface area contributed by atoms with Crippen molar-refractivity contribution in [2.75, 3.05) is 6.54 Å². The van der Waals surface area contributed by atoms with Crippen molar-refractivity contribution >= 4 is 28.6 Å². The molecule has 0 radical (unpaired) electrons. The van der Waals surface area contributed by atoms with E-state index in [1.807, 2.05) is 23.5 Å². The molecule has 146 valence electrons. The highest BCUT2D eigenvalue weighted by molar-refractivity contribution is 8.27. The van der Waals surface area contributed by atoms with Gasteiger partial charge in [-0.1, -0.05) is 103 Å². The molecule has 4 heteroatoms. The van der Waals surface area contributed by atoms with Crippen LogP contribution < -0.4 is 5.32 Å². The van der Waals surface area contributed by atoms with Gasteiger partial charge in [0.1, 0.15) is 4.08 Å². The minimum Gasteiger partial charge on any atom is -0.299 e. The lowest BCUT2D eigenvalue weighted by Crippen LogP contribution is -2.46. The number of hydrogen-bond acceptors (Lipinski definition) is 4. The predicted molar refractivity (Wildman–Crippen MR) is 127 cm³/mol. The topological polar surface area (TPSA) is 24.4 Å². The first-order valence-corrected chi connectivity index (χ1v) is 11.7. The number of hydrogen-bond donors (Lipinski definition) is 1. The number of benzene rings is 3. The Kier molecular flexibility index (Phi) is 5.02. The first kappa shape index (κ1) is 19.0. The van der Waals surface area contributed by atoms with Crippen LogP contribution in [0.2, 0.25) is 0 Å². The molecule has 1 N–H and O–H groups in total. The SMILES string of the molecule is C[C@@]1(Cc2ccccc2)N=C(c2ccccc2)S[C@@]12CN[C@H](c1ccccc1)S2. The number of thioether (sulfide) groups is 2. The molecule has 0 unspecified atom stereocenters. The van der Waals surface area contributed by atoms with E-state index in [1.54, 1.807) is 0 Å². The van der Waals surface area contributed by atoms with Gasteiger partial charge in [-0.3, -0.25) is 10.3 Å². The van der Waals surface area contributed by atoms with Crippen molar-refractivity contribution in [3.05, 3.63) is 108 Å². The summed E-state index contributed by atoms with van der Waals surface area (Å²) >= 11 is 3.98. The molecule has 1 fully saturated rings. The molecule has 29 heavy (non-hydrogen) atoms. The molecule has 2 aliphatic heterocycles. The maximum absolute atomic E-state index is 5.37. The van der Waals surface area contributed by atoms with Gasteiger partial charge in [-0.15, -0.1) is 11.8 Å². The summed E-state index contributed by atoms with van der Waals surface area (Å²) in [6, 6.07) is 32.2. The van der Waals surface area contributed by atoms with Crippen LogP contribution >= 0.6 is 23.5 Å². The smallest absolute Gasteiger partial charge is 0.107 e. The van der Waals surface area contributed by atoms with Gasteiger partial charge >= 0.3 is 0 Å². The Hall–Kier alpha value is -2.01. The summed E-state index contributed by atoms with van der Waals surface area (Å²) < 4.78 is -0.0332. The molecule has 0 saturated carbocycles. The maximum atomic E-state index is 5.37. The van der Waals surface area contributed by atoms with Gasteiger partial charge in [0.2, 0.25) is 0 Å². The standard InChI is InChI=1S/C25H24N2S2/c1-24(17-19-11-5-2-6-12-19)25(29-23(27-24)21-15-9-4-10-16-21)18-26-22(28-25)20-13-7-3-8-14-20/h2-16,22,26H,17-18H2,1H3/t22-,24-,25-/m0/s1. The van der Waals surface area contributed by atoms with Gasteiger partial charge in [0.25, 0.3) is 0 Å². The van der Waals surface area contributed by atoms with Crippen LogP contribution in [0.3, 0.4) is 0 Å². The molecule has 2 aliphatic rings. The molecule has 1 spiro atoms. The molecule has 2 heterocycles. The first-order chi connectivity index (χ1) is 14.2. The van der Waals surface area contributed by atoms with Crippen LogP contribution in [0.5, 0.6) is 0 Å². The zero-order chi connectivity index (χ0) is 19.7. The molecule has 0 bridgehead atoms. The molecule has 1 saturated heterocycles. The fourth-order valence-corrected chi connectivity index (χ4v) is 7.57. The lowest BCUT2D eigenvalue weighted by atomic mass is 9.89. The van der Waals surface area contributed by atoms with Gasteiger partial charge < -0.3 is 0 Å². The lowest BCUT2D eigenvalue weighted by molar-refractivity contribution is 0.429. The van der Waals surface area contributed by atoms with Gasteiger partial charge in [-0.2, -0.15) is 0 Å². The summed E-state index contributed by atoms with van der Waals surface area (Å²) in [6.45, 7) is 3.27. The van der Waals surface area contributed by atoms with E-state index in [9.17, 15) is 0 Å². The summed E-state index contributed by atoms with van der Waals surface area (Å²) in [6.07, 6.45) is 0.938. The van der Waals surface area contributed by atoms with Gasteiger partial charge in [-0.05, 0) is 24.5 Å². The second-order valence-corrected chi connectivity index (χ2v) is 10.8. The molecular weight excluding hydrogens is 392 g/mol. The van der Waals surface area contributed by atoms with E-state index in [-0.39, 0.29) is 9.62 Å². The fourth-order valence-electron chi connectivity index (χ4n) is 4.16. The summed E-state index contributed by atoms with van der Waals surface area (Å²) in [5.41, 5.74) is 3.71. The van der Waals surface area contributed by atoms with Crippen LogP contribution in [0.15, 0.2) is 96.0 Å². The monoisotopic (exact) mass is 416 g/mol. The lowest BCUT2D eigenvalue weighted by Gasteiger charge is -2.37. The highest BCUT2D eigenvalue weighted by atomic mass is 32.2. The number of nitrogens with zero attached hydrogens (tertiary/aromatic N) is 1. The molecule has 0 amide bonds. The highest BCUT2D eigenvalue weighted by Gasteiger charge is 2.58. The van der Waals surface area contributed by atoms with Crippen LogP contribution in [0.25, 0.3) is 0 Å². The normalized spacial score (nSPS) is 28.6. The van der Waals surface area contributed by atoms with Crippen molar-refractivity contribution < 1.29 is 0 Å². The van der Waals surface area contributed by atoms with E-state index < -0.39 is 0 Å². The number of rotatable bonds is 4. The molecule has 2 nitrogen and oxygen atoms in total. The minimum absolute atomic E-state index is 0.0332. The van der Waals surface area contributed by atoms with Crippen molar-refractivity contribution in [1.29, 1.82) is 0 Å². The van der Waals surface area contributed by atoms with E-state index >= 15 is 0 Å². The largest absolute Gasteiger partial charge is 0.299 e. The molecule has 0 aromatic heterocycles. The Labute approximate surface area is 181 Å². The summed E-state index contributed by atoms with van der Waals surface area (Å²) in [7, 11) is 0. The van der Waals surface area contributed by atoms with Gasteiger partial charge in [-0.25, -0.2) is 0 Å². The molecule has 5 rings (SSSR count). The average Bonchev–Trinajstić information content (AvgIpc) is 3.32. The predicted octanol–water partition coefficient (Wildman–Crippen LogP) is 5.91. The molecular formula is C25H24N2S2. The van der Waals surface area contributed by atoms with Crippen LogP contribution in [0.4, 0.5) is 0 Å². The van der Waals surface area contributed by atoms with E-state index in [1.165, 1.54) is 16.7 Å². The summed E-state index contributed by atoms with van der Waals surface area (Å²) in [5.74, 6) is 0. The van der Waals surface area contributed by atoms with Crippen LogP contribution in [0.1, 0.15) is 29.0 Å². The Bertz CT molecular complexity index is 1010. The van der Waals surface area contributed by atoms with Crippen LogP contribution in [0, 0.1) is 0 Å². The van der Waals surface area contributed by atoms with Crippen molar-refractivity contribution in [3.63, 3.8) is 0 Å². The Morgan fingerprint density at radius 3 is 2.21 bits per heavy atom. The van der Waals surface area contributed by atoms with E-state index in [2.05, 4.69) is 103 Å². The molecule has 0 aliphatic carbocycles. The highest BCUT2D eigenvalue weighted by Crippen LogP contribution is 2.61. The Morgan fingerprint density at radius 1 is 0.897 bits per heavy atom. The van der Waals surface area contributed by atoms with Crippen molar-refractivity contribution in [2.45, 2.75) is 28.3 Å². The van der Waals surface area contributed by atoms with Crippen molar-refractivity contribution in [1.82, 2.24) is 5.32 Å². The zero-order valence-electron chi connectivity index (χ0n) is 16.4. The van der Waals surface area contributed by atoms with Gasteiger partial charge in [0.05, 0.1) is 16.0 Å². The number of aliphatic imine (C=N–C) groups is 1. The van der Waals surface area contributed by atoms with E-state index in [4.69, 9.17) is 4.99 Å². The van der Waals surface area contributed by atoms with Crippen molar-refractivity contribution in [2.24, 2.45) is 4.99 Å². The van der Waals surface area contributed by atoms with E-state index in [0.29, 0.717) is 5.37 Å². The van der Waals surface area contributed by atoms with Crippen LogP contribution in [-0.2, 0) is 6.42 Å². The Balaban J connectivity index is 1.51. The minimum atomic E-state index is -0.189. The number of nitrogens with one attached hydrogen (secondary N) is 1. The third-order valence-electron chi connectivity index (χ3n) is 5.77. The van der Waals surface area contributed by atoms with Gasteiger partial charge in [0.15, 0.2) is 0 Å². The quantitative estimate of drug-likeness (QED) is 0.572. The molecule has 3 aromatic carbocycles. The third-order valence-corrected chi connectivity index (χ3v) is 9.39. The fraction of sp³-hybridized carbons (Fsp3) is 0.240. The summed E-state index contributed by atoms with van der Waals surface area (Å²) in [4.78, 5) is 5.37. The van der Waals surface area contributed by atoms with Crippen LogP contribution in [-0.4, -0.2) is 21.2 Å². The second kappa shape index (κ2) is 7.67. The average molecular weight is 417 g/mol. The first-order valence-electron chi connectivity index (χ1n) is 10.0. The maximum Gasteiger partial charge on any atom is 0.107 e. The summed E-state index contributed by atoms with van der Waals surface area (Å²) in [5, 5.41) is 5.24.